The summed E-state index contributed by atoms with van der Waals surface area (Å²) < 4.78 is 10.3. The molecule has 1 aromatic carbocycles. The molecule has 3 amide bonds. The minimum atomic E-state index is -1.14. The number of amides is 3. The summed E-state index contributed by atoms with van der Waals surface area (Å²) in [4.78, 5) is 45.2. The molecule has 1 saturated carbocycles. The van der Waals surface area contributed by atoms with Crippen molar-refractivity contribution < 1.29 is 23.9 Å². The van der Waals surface area contributed by atoms with Crippen LogP contribution in [0.2, 0.25) is 0 Å². The molecule has 34 heavy (non-hydrogen) atoms. The van der Waals surface area contributed by atoms with E-state index in [1.807, 2.05) is 0 Å². The quantitative estimate of drug-likeness (QED) is 0.219. The van der Waals surface area contributed by atoms with Gasteiger partial charge in [-0.15, -0.1) is 0 Å². The largest absolute Gasteiger partial charge is 0.468 e. The minimum absolute atomic E-state index is 0.00373. The van der Waals surface area contributed by atoms with Gasteiger partial charge >= 0.3 is 12.0 Å². The van der Waals surface area contributed by atoms with Crippen LogP contribution in [0.5, 0.6) is 11.6 Å². The van der Waals surface area contributed by atoms with Crippen LogP contribution in [-0.4, -0.2) is 52.9 Å². The SMILES string of the molecule is COC(=O)CNC(=O)C1(NC(=O)Nc2nc(C)cc(Oc3ccc(C(=N)N)cc3)n2)CCCC1. The third-order valence-corrected chi connectivity index (χ3v) is 5.31. The van der Waals surface area contributed by atoms with Crippen molar-refractivity contribution in [3.8, 4) is 11.6 Å². The maximum atomic E-state index is 12.7. The molecule has 2 aromatic rings. The zero-order valence-electron chi connectivity index (χ0n) is 18.9. The van der Waals surface area contributed by atoms with Crippen molar-refractivity contribution in [3.05, 3.63) is 41.6 Å². The van der Waals surface area contributed by atoms with Crippen molar-refractivity contribution in [3.63, 3.8) is 0 Å². The number of benzene rings is 1. The Balaban J connectivity index is 1.67. The summed E-state index contributed by atoms with van der Waals surface area (Å²) in [5.41, 5.74) is 5.42. The highest BCUT2D eigenvalue weighted by molar-refractivity contribution is 5.96. The maximum absolute atomic E-state index is 12.7. The number of aryl methyl sites for hydroxylation is 1. The van der Waals surface area contributed by atoms with Gasteiger partial charge in [0.05, 0.1) is 7.11 Å². The van der Waals surface area contributed by atoms with Gasteiger partial charge in [-0.1, -0.05) is 12.8 Å². The van der Waals surface area contributed by atoms with Gasteiger partial charge in [-0.25, -0.2) is 9.78 Å². The Morgan fingerprint density at radius 3 is 2.44 bits per heavy atom. The van der Waals surface area contributed by atoms with Crippen LogP contribution in [-0.2, 0) is 14.3 Å². The number of carbonyl (C=O) groups excluding carboxylic acids is 3. The lowest BCUT2D eigenvalue weighted by Gasteiger charge is -2.28. The lowest BCUT2D eigenvalue weighted by atomic mass is 9.96. The number of nitrogens with one attached hydrogen (secondary N) is 4. The lowest BCUT2D eigenvalue weighted by molar-refractivity contribution is -0.141. The molecule has 0 atom stereocenters. The molecule has 1 aliphatic rings. The third kappa shape index (κ3) is 6.18. The van der Waals surface area contributed by atoms with Crippen LogP contribution in [0, 0.1) is 12.3 Å². The highest BCUT2D eigenvalue weighted by atomic mass is 16.5. The molecule has 12 heteroatoms. The number of hydrogen-bond donors (Lipinski definition) is 5. The fourth-order valence-electron chi connectivity index (χ4n) is 3.60. The van der Waals surface area contributed by atoms with Gasteiger partial charge in [-0.05, 0) is 44.0 Å². The van der Waals surface area contributed by atoms with Crippen molar-refractivity contribution in [1.29, 1.82) is 5.41 Å². The Morgan fingerprint density at radius 1 is 1.15 bits per heavy atom. The van der Waals surface area contributed by atoms with Crippen LogP contribution in [0.15, 0.2) is 30.3 Å². The van der Waals surface area contributed by atoms with Crippen LogP contribution < -0.4 is 26.4 Å². The number of nitrogens with two attached hydrogens (primary N) is 1. The number of anilines is 1. The molecule has 0 bridgehead atoms. The molecule has 1 heterocycles. The molecule has 0 radical (unpaired) electrons. The molecule has 0 spiro atoms. The predicted octanol–water partition coefficient (Wildman–Crippen LogP) is 1.58. The Bertz CT molecular complexity index is 1080. The zero-order chi connectivity index (χ0) is 24.7. The molecule has 0 saturated heterocycles. The average molecular weight is 470 g/mol. The van der Waals surface area contributed by atoms with E-state index in [1.54, 1.807) is 37.3 Å². The first-order valence-electron chi connectivity index (χ1n) is 10.6. The average Bonchev–Trinajstić information content (AvgIpc) is 3.26. The summed E-state index contributed by atoms with van der Waals surface area (Å²) in [7, 11) is 1.23. The number of amidine groups is 1. The van der Waals surface area contributed by atoms with Crippen LogP contribution in [0.3, 0.4) is 0 Å². The molecular weight excluding hydrogens is 442 g/mol. The first kappa shape index (κ1) is 24.4. The monoisotopic (exact) mass is 469 g/mol. The van der Waals surface area contributed by atoms with Crippen molar-refractivity contribution in [2.45, 2.75) is 38.1 Å². The molecule has 0 aliphatic heterocycles. The van der Waals surface area contributed by atoms with Gasteiger partial charge in [-0.3, -0.25) is 20.3 Å². The number of carbonyl (C=O) groups is 3. The summed E-state index contributed by atoms with van der Waals surface area (Å²) in [5.74, 6) is -0.427. The van der Waals surface area contributed by atoms with Crippen LogP contribution in [0.4, 0.5) is 10.7 Å². The van der Waals surface area contributed by atoms with Crippen molar-refractivity contribution in [2.24, 2.45) is 5.73 Å². The van der Waals surface area contributed by atoms with Crippen molar-refractivity contribution in [2.75, 3.05) is 19.0 Å². The van der Waals surface area contributed by atoms with Gasteiger partial charge in [0.2, 0.25) is 17.7 Å². The van der Waals surface area contributed by atoms with Crippen molar-refractivity contribution >= 4 is 29.7 Å². The summed E-state index contributed by atoms with van der Waals surface area (Å²) in [6.45, 7) is 1.44. The first-order valence-corrected chi connectivity index (χ1v) is 10.6. The fourth-order valence-corrected chi connectivity index (χ4v) is 3.60. The van der Waals surface area contributed by atoms with Gasteiger partial charge in [0.15, 0.2) is 0 Å². The molecule has 180 valence electrons. The molecule has 3 rings (SSSR count). The molecule has 1 aromatic heterocycles. The van der Waals surface area contributed by atoms with E-state index in [9.17, 15) is 14.4 Å². The molecule has 6 N–H and O–H groups in total. The van der Waals surface area contributed by atoms with Crippen LogP contribution >= 0.6 is 0 Å². The molecular formula is C22H27N7O5. The number of hydrogen-bond acceptors (Lipinski definition) is 8. The molecule has 1 fully saturated rings. The van der Waals surface area contributed by atoms with E-state index >= 15 is 0 Å². The lowest BCUT2D eigenvalue weighted by Crippen LogP contribution is -2.58. The van der Waals surface area contributed by atoms with E-state index in [2.05, 4.69) is 30.7 Å². The summed E-state index contributed by atoms with van der Waals surface area (Å²) in [5, 5.41) is 15.2. The van der Waals surface area contributed by atoms with Crippen LogP contribution in [0.25, 0.3) is 0 Å². The van der Waals surface area contributed by atoms with E-state index in [0.29, 0.717) is 29.8 Å². The van der Waals surface area contributed by atoms with Gasteiger partial charge in [0.25, 0.3) is 0 Å². The Hall–Kier alpha value is -4.22. The number of urea groups is 1. The Morgan fingerprint density at radius 2 is 1.82 bits per heavy atom. The summed E-state index contributed by atoms with van der Waals surface area (Å²) in [6, 6.07) is 7.52. The number of rotatable bonds is 8. The zero-order valence-corrected chi connectivity index (χ0v) is 18.9. The molecule has 12 nitrogen and oxygen atoms in total. The number of esters is 1. The van der Waals surface area contributed by atoms with Gasteiger partial charge in [0, 0.05) is 17.3 Å². The van der Waals surface area contributed by atoms with E-state index in [-0.39, 0.29) is 24.2 Å². The standard InChI is InChI=1S/C22H27N7O5/c1-13-11-16(34-15-7-5-14(6-8-15)18(23)24)27-20(26-13)28-21(32)29-22(9-3-4-10-22)19(31)25-12-17(30)33-2/h5-8,11H,3-4,9-10,12H2,1-2H3,(H3,23,24)(H,25,31)(H2,26,27,28,29,32). The van der Waals surface area contributed by atoms with Crippen LogP contribution in [0.1, 0.15) is 36.9 Å². The minimum Gasteiger partial charge on any atom is -0.468 e. The number of methoxy groups -OCH3 is 1. The predicted molar refractivity (Wildman–Crippen MR) is 123 cm³/mol. The number of nitrogens with zero attached hydrogens (tertiary/aromatic N) is 2. The highest BCUT2D eigenvalue weighted by Crippen LogP contribution is 2.30. The van der Waals surface area contributed by atoms with E-state index in [0.717, 1.165) is 12.8 Å². The first-order chi connectivity index (χ1) is 16.2. The Labute approximate surface area is 196 Å². The van der Waals surface area contributed by atoms with Gasteiger partial charge in [0.1, 0.15) is 23.7 Å². The number of aromatic nitrogens is 2. The maximum Gasteiger partial charge on any atom is 0.325 e. The molecule has 1 aliphatic carbocycles. The van der Waals surface area contributed by atoms with Gasteiger partial charge in [-0.2, -0.15) is 4.98 Å². The number of nitrogen functional groups attached to an aromatic ring is 1. The Kier molecular flexibility index (Phi) is 7.61. The van der Waals surface area contributed by atoms with Crippen molar-refractivity contribution in [1.82, 2.24) is 20.6 Å². The summed E-state index contributed by atoms with van der Waals surface area (Å²) >= 11 is 0. The normalized spacial score (nSPS) is 14.1. The fraction of sp³-hybridized carbons (Fsp3) is 0.364. The second-order valence-electron chi connectivity index (χ2n) is 7.84. The van der Waals surface area contributed by atoms with E-state index in [4.69, 9.17) is 15.9 Å². The molecule has 0 unspecified atom stereocenters. The second kappa shape index (κ2) is 10.6. The third-order valence-electron chi connectivity index (χ3n) is 5.31. The van der Waals surface area contributed by atoms with E-state index in [1.165, 1.54) is 7.11 Å². The number of ether oxygens (including phenoxy) is 2. The van der Waals surface area contributed by atoms with E-state index < -0.39 is 23.4 Å². The summed E-state index contributed by atoms with van der Waals surface area (Å²) in [6.07, 6.45) is 2.39. The second-order valence-corrected chi connectivity index (χ2v) is 7.84. The highest BCUT2D eigenvalue weighted by Gasteiger charge is 2.42. The topological polar surface area (TPSA) is 181 Å². The smallest absolute Gasteiger partial charge is 0.325 e. The van der Waals surface area contributed by atoms with Gasteiger partial charge < -0.3 is 25.8 Å².